The van der Waals surface area contributed by atoms with Crippen molar-refractivity contribution in [2.45, 2.75) is 0 Å². The number of carbonyl (C=O) groups is 2. The number of halogens is 1. The van der Waals surface area contributed by atoms with Crippen molar-refractivity contribution in [1.29, 1.82) is 0 Å². The van der Waals surface area contributed by atoms with Gasteiger partial charge in [0.2, 0.25) is 5.95 Å². The average Bonchev–Trinajstić information content (AvgIpc) is 2.34. The smallest absolute Gasteiger partial charge is 0.323 e. The Morgan fingerprint density at radius 1 is 1.56 bits per heavy atom. The predicted molar refractivity (Wildman–Crippen MR) is 59.6 cm³/mol. The van der Waals surface area contributed by atoms with Crippen LogP contribution in [-0.2, 0) is 9.53 Å². The number of hydrogen-bond acceptors (Lipinski definition) is 4. The molecule has 18 heavy (non-hydrogen) atoms. The Morgan fingerprint density at radius 2 is 2.28 bits per heavy atom. The molecule has 0 aliphatic rings. The summed E-state index contributed by atoms with van der Waals surface area (Å²) >= 11 is 0. The van der Waals surface area contributed by atoms with Gasteiger partial charge in [0.15, 0.2) is 0 Å². The number of pyridine rings is 1. The Balaban J connectivity index is 2.87. The SMILES string of the molecule is COCCN(CC(=O)O)C(=O)c1cccnc1F. The molecule has 0 aliphatic heterocycles. The molecule has 6 nitrogen and oxygen atoms in total. The largest absolute Gasteiger partial charge is 0.480 e. The summed E-state index contributed by atoms with van der Waals surface area (Å²) in [5.74, 6) is -2.82. The molecular weight excluding hydrogens is 243 g/mol. The lowest BCUT2D eigenvalue weighted by Crippen LogP contribution is -2.38. The first-order valence-electron chi connectivity index (χ1n) is 5.16. The summed E-state index contributed by atoms with van der Waals surface area (Å²) < 4.78 is 18.1. The summed E-state index contributed by atoms with van der Waals surface area (Å²) in [7, 11) is 1.42. The van der Waals surface area contributed by atoms with Crippen LogP contribution < -0.4 is 0 Å². The van der Waals surface area contributed by atoms with E-state index in [1.807, 2.05) is 0 Å². The molecule has 0 aliphatic carbocycles. The van der Waals surface area contributed by atoms with Crippen LogP contribution in [0.5, 0.6) is 0 Å². The van der Waals surface area contributed by atoms with Crippen LogP contribution in [0.1, 0.15) is 10.4 Å². The van der Waals surface area contributed by atoms with Crippen LogP contribution >= 0.6 is 0 Å². The first-order valence-corrected chi connectivity index (χ1v) is 5.16. The zero-order valence-corrected chi connectivity index (χ0v) is 9.80. The van der Waals surface area contributed by atoms with Crippen LogP contribution in [0.15, 0.2) is 18.3 Å². The molecule has 0 unspecified atom stereocenters. The summed E-state index contributed by atoms with van der Waals surface area (Å²) in [6.45, 7) is -0.284. The second-order valence-electron chi connectivity index (χ2n) is 3.46. The lowest BCUT2D eigenvalue weighted by Gasteiger charge is -2.20. The van der Waals surface area contributed by atoms with E-state index in [4.69, 9.17) is 9.84 Å². The number of carboxylic acids is 1. The van der Waals surface area contributed by atoms with Crippen LogP contribution in [0.4, 0.5) is 4.39 Å². The molecule has 0 aromatic carbocycles. The van der Waals surface area contributed by atoms with E-state index in [0.29, 0.717) is 0 Å². The van der Waals surface area contributed by atoms with Gasteiger partial charge >= 0.3 is 5.97 Å². The third kappa shape index (κ3) is 3.77. The highest BCUT2D eigenvalue weighted by molar-refractivity contribution is 5.95. The number of ether oxygens (including phenoxy) is 1. The first-order chi connectivity index (χ1) is 8.56. The van der Waals surface area contributed by atoms with E-state index in [1.54, 1.807) is 0 Å². The van der Waals surface area contributed by atoms with Gasteiger partial charge in [-0.05, 0) is 12.1 Å². The molecule has 0 bridgehead atoms. The molecule has 0 atom stereocenters. The van der Waals surface area contributed by atoms with Gasteiger partial charge in [-0.25, -0.2) is 4.98 Å². The maximum absolute atomic E-state index is 13.3. The molecular formula is C11H13FN2O4. The normalized spacial score (nSPS) is 10.1. The second kappa shape index (κ2) is 6.65. The van der Waals surface area contributed by atoms with Crippen molar-refractivity contribution in [3.05, 3.63) is 29.8 Å². The zero-order chi connectivity index (χ0) is 13.5. The molecule has 1 aromatic heterocycles. The monoisotopic (exact) mass is 256 g/mol. The number of aromatic nitrogens is 1. The lowest BCUT2D eigenvalue weighted by atomic mass is 10.2. The van der Waals surface area contributed by atoms with Crippen LogP contribution in [0.2, 0.25) is 0 Å². The molecule has 0 saturated heterocycles. The number of amides is 1. The van der Waals surface area contributed by atoms with Crippen LogP contribution in [-0.4, -0.2) is 53.7 Å². The van der Waals surface area contributed by atoms with Gasteiger partial charge in [0.25, 0.3) is 5.91 Å². The average molecular weight is 256 g/mol. The fourth-order valence-corrected chi connectivity index (χ4v) is 1.33. The summed E-state index contributed by atoms with van der Waals surface area (Å²) in [5.41, 5.74) is -0.255. The third-order valence-electron chi connectivity index (χ3n) is 2.17. The van der Waals surface area contributed by atoms with E-state index >= 15 is 0 Å². The number of methoxy groups -OCH3 is 1. The quantitative estimate of drug-likeness (QED) is 0.745. The topological polar surface area (TPSA) is 79.7 Å². The molecule has 0 radical (unpaired) electrons. The minimum absolute atomic E-state index is 0.0654. The summed E-state index contributed by atoms with van der Waals surface area (Å²) in [4.78, 5) is 26.9. The molecule has 0 fully saturated rings. The third-order valence-corrected chi connectivity index (χ3v) is 2.17. The minimum atomic E-state index is -1.18. The highest BCUT2D eigenvalue weighted by Gasteiger charge is 2.21. The summed E-state index contributed by atoms with van der Waals surface area (Å²) in [6, 6.07) is 2.66. The van der Waals surface area contributed by atoms with Gasteiger partial charge in [-0.3, -0.25) is 9.59 Å². The van der Waals surface area contributed by atoms with Crippen LogP contribution in [0.25, 0.3) is 0 Å². The minimum Gasteiger partial charge on any atom is -0.480 e. The fraction of sp³-hybridized carbons (Fsp3) is 0.364. The molecule has 0 spiro atoms. The van der Waals surface area contributed by atoms with Crippen molar-refractivity contribution in [3.8, 4) is 0 Å². The van der Waals surface area contributed by atoms with E-state index in [2.05, 4.69) is 4.98 Å². The predicted octanol–water partition coefficient (Wildman–Crippen LogP) is 0.394. The van der Waals surface area contributed by atoms with E-state index in [9.17, 15) is 14.0 Å². The Labute approximate surface area is 103 Å². The standard InChI is InChI=1S/C11H13FN2O4/c1-18-6-5-14(7-9(15)16)11(17)8-3-2-4-13-10(8)12/h2-4H,5-7H2,1H3,(H,15,16). The van der Waals surface area contributed by atoms with Gasteiger partial charge in [0, 0.05) is 19.9 Å². The van der Waals surface area contributed by atoms with Crippen molar-refractivity contribution >= 4 is 11.9 Å². The lowest BCUT2D eigenvalue weighted by molar-refractivity contribution is -0.137. The number of nitrogens with zero attached hydrogens (tertiary/aromatic N) is 2. The summed E-state index contributed by atoms with van der Waals surface area (Å²) in [5, 5.41) is 8.70. The number of hydrogen-bond donors (Lipinski definition) is 1. The number of aliphatic carboxylic acids is 1. The Bertz CT molecular complexity index is 439. The molecule has 98 valence electrons. The van der Waals surface area contributed by atoms with Crippen LogP contribution in [0, 0.1) is 5.95 Å². The Morgan fingerprint density at radius 3 is 2.83 bits per heavy atom. The van der Waals surface area contributed by atoms with Gasteiger partial charge in [0.1, 0.15) is 6.54 Å². The first kappa shape index (κ1) is 14.0. The van der Waals surface area contributed by atoms with Gasteiger partial charge in [0.05, 0.1) is 12.2 Å². The molecule has 0 saturated carbocycles. The highest BCUT2D eigenvalue weighted by atomic mass is 19.1. The molecule has 1 amide bonds. The van der Waals surface area contributed by atoms with Crippen molar-refractivity contribution in [3.63, 3.8) is 0 Å². The van der Waals surface area contributed by atoms with E-state index in [0.717, 1.165) is 4.90 Å². The maximum Gasteiger partial charge on any atom is 0.323 e. The zero-order valence-electron chi connectivity index (χ0n) is 9.80. The van der Waals surface area contributed by atoms with Crippen molar-refractivity contribution in [2.75, 3.05) is 26.8 Å². The van der Waals surface area contributed by atoms with Gasteiger partial charge in [-0.1, -0.05) is 0 Å². The fourth-order valence-electron chi connectivity index (χ4n) is 1.33. The van der Waals surface area contributed by atoms with Crippen LogP contribution in [0.3, 0.4) is 0 Å². The van der Waals surface area contributed by atoms with E-state index < -0.39 is 24.4 Å². The van der Waals surface area contributed by atoms with E-state index in [1.165, 1.54) is 25.4 Å². The molecule has 1 heterocycles. The number of rotatable bonds is 6. The van der Waals surface area contributed by atoms with Gasteiger partial charge in [-0.15, -0.1) is 0 Å². The summed E-state index contributed by atoms with van der Waals surface area (Å²) in [6.07, 6.45) is 1.21. The highest BCUT2D eigenvalue weighted by Crippen LogP contribution is 2.07. The second-order valence-corrected chi connectivity index (χ2v) is 3.46. The molecule has 1 N–H and O–H groups in total. The van der Waals surface area contributed by atoms with Gasteiger partial charge < -0.3 is 14.7 Å². The van der Waals surface area contributed by atoms with Crippen molar-refractivity contribution in [2.24, 2.45) is 0 Å². The Hall–Kier alpha value is -2.02. The number of carboxylic acid groups (broad SMARTS) is 1. The number of carbonyl (C=O) groups excluding carboxylic acids is 1. The van der Waals surface area contributed by atoms with Crippen molar-refractivity contribution < 1.29 is 23.8 Å². The van der Waals surface area contributed by atoms with Crippen molar-refractivity contribution in [1.82, 2.24) is 9.88 Å². The molecule has 1 aromatic rings. The van der Waals surface area contributed by atoms with Gasteiger partial charge in [-0.2, -0.15) is 4.39 Å². The molecule has 7 heteroatoms. The Kier molecular flexibility index (Phi) is 5.19. The molecule has 1 rings (SSSR count). The van der Waals surface area contributed by atoms with E-state index in [-0.39, 0.29) is 18.7 Å². The maximum atomic E-state index is 13.3.